The van der Waals surface area contributed by atoms with Gasteiger partial charge in [-0.2, -0.15) is 10.1 Å². The van der Waals surface area contributed by atoms with Gasteiger partial charge in [-0.05, 0) is 43.9 Å². The average Bonchev–Trinajstić information content (AvgIpc) is 3.59. The van der Waals surface area contributed by atoms with Crippen molar-refractivity contribution < 1.29 is 9.36 Å². The lowest BCUT2D eigenvalue weighted by Gasteiger charge is -2.23. The van der Waals surface area contributed by atoms with Crippen LogP contribution >= 0.6 is 0 Å². The van der Waals surface area contributed by atoms with E-state index in [1.165, 1.54) is 0 Å². The quantitative estimate of drug-likeness (QED) is 0.164. The van der Waals surface area contributed by atoms with E-state index in [1.54, 1.807) is 4.57 Å². The summed E-state index contributed by atoms with van der Waals surface area (Å²) in [6, 6.07) is 15.7. The predicted octanol–water partition coefficient (Wildman–Crippen LogP) is 5.58. The van der Waals surface area contributed by atoms with Gasteiger partial charge in [0.2, 0.25) is 5.78 Å². The van der Waals surface area contributed by atoms with Gasteiger partial charge in [0.1, 0.15) is 11.9 Å². The predicted molar refractivity (Wildman–Crippen MR) is 170 cm³/mol. The Hall–Kier alpha value is -4.80. The summed E-state index contributed by atoms with van der Waals surface area (Å²) < 4.78 is 8.22. The van der Waals surface area contributed by atoms with Crippen LogP contribution in [0.1, 0.15) is 70.6 Å². The van der Waals surface area contributed by atoms with Crippen LogP contribution in [0.25, 0.3) is 28.3 Å². The van der Waals surface area contributed by atoms with Crippen molar-refractivity contribution in [3.8, 4) is 22.5 Å². The number of aromatic amines is 1. The molecule has 0 spiro atoms. The van der Waals surface area contributed by atoms with Crippen LogP contribution in [0.4, 0.5) is 0 Å². The minimum atomic E-state index is -0.605. The molecule has 2 aromatic carbocycles. The fourth-order valence-corrected chi connectivity index (χ4v) is 5.09. The van der Waals surface area contributed by atoms with Gasteiger partial charge in [-0.15, -0.1) is 0 Å². The number of H-pyrrole nitrogens is 1. The molecule has 11 heteroatoms. The van der Waals surface area contributed by atoms with E-state index in [-0.39, 0.29) is 23.6 Å². The van der Waals surface area contributed by atoms with Crippen LogP contribution in [0.5, 0.6) is 0 Å². The lowest BCUT2D eigenvalue weighted by molar-refractivity contribution is 0.0830. The maximum Gasteiger partial charge on any atom is 0.439 e. The van der Waals surface area contributed by atoms with Gasteiger partial charge in [0.15, 0.2) is 5.82 Å². The highest BCUT2D eigenvalue weighted by atomic mass is 16.6. The van der Waals surface area contributed by atoms with Crippen molar-refractivity contribution >= 4 is 11.5 Å². The number of rotatable bonds is 10. The SMILES string of the molecule is CCCc1c(Cc2ccc(-c3ccccc3-c3noc(=O)[nH]3)cc2)c(=O)n(CC(=NOC(C)C)C(C)(C)C)c2nc(C)nn12. The summed E-state index contributed by atoms with van der Waals surface area (Å²) in [5.41, 5.74) is 5.40. The molecule has 0 radical (unpaired) electrons. The van der Waals surface area contributed by atoms with Crippen molar-refractivity contribution in [1.82, 2.24) is 29.3 Å². The van der Waals surface area contributed by atoms with E-state index >= 15 is 0 Å². The molecule has 3 aromatic heterocycles. The number of oxime groups is 1. The second kappa shape index (κ2) is 12.4. The molecule has 0 saturated carbocycles. The van der Waals surface area contributed by atoms with E-state index in [0.717, 1.165) is 40.1 Å². The maximum absolute atomic E-state index is 14.3. The van der Waals surface area contributed by atoms with Gasteiger partial charge in [-0.1, -0.05) is 93.0 Å². The van der Waals surface area contributed by atoms with E-state index < -0.39 is 5.76 Å². The summed E-state index contributed by atoms with van der Waals surface area (Å²) in [6.45, 7) is 14.2. The van der Waals surface area contributed by atoms with Gasteiger partial charge in [0.05, 0.1) is 18.0 Å². The molecule has 0 aliphatic carbocycles. The Bertz CT molecular complexity index is 1920. The molecule has 1 N–H and O–H groups in total. The normalized spacial score (nSPS) is 12.4. The van der Waals surface area contributed by atoms with Crippen molar-refractivity contribution in [2.45, 2.75) is 80.4 Å². The summed E-state index contributed by atoms with van der Waals surface area (Å²) in [6.07, 6.45) is 1.87. The smallest absolute Gasteiger partial charge is 0.393 e. The molecule has 0 aliphatic heterocycles. The first-order chi connectivity index (χ1) is 21.0. The molecule has 5 aromatic rings. The summed E-state index contributed by atoms with van der Waals surface area (Å²) in [5.74, 6) is 0.857. The van der Waals surface area contributed by atoms with Crippen molar-refractivity contribution in [1.29, 1.82) is 0 Å². The first-order valence-corrected chi connectivity index (χ1v) is 14.9. The van der Waals surface area contributed by atoms with Crippen molar-refractivity contribution in [3.05, 3.63) is 92.1 Å². The van der Waals surface area contributed by atoms with Crippen LogP contribution in [0.15, 0.2) is 67.8 Å². The van der Waals surface area contributed by atoms with Crippen LogP contribution in [0.3, 0.4) is 0 Å². The number of nitrogens with one attached hydrogen (secondary N) is 1. The Morgan fingerprint density at radius 1 is 1.07 bits per heavy atom. The van der Waals surface area contributed by atoms with Gasteiger partial charge >= 0.3 is 5.76 Å². The molecule has 0 bridgehead atoms. The van der Waals surface area contributed by atoms with Crippen molar-refractivity contribution in [3.63, 3.8) is 0 Å². The Morgan fingerprint density at radius 2 is 1.77 bits per heavy atom. The van der Waals surface area contributed by atoms with E-state index in [2.05, 4.69) is 48.0 Å². The summed E-state index contributed by atoms with van der Waals surface area (Å²) in [4.78, 5) is 38.8. The monoisotopic (exact) mass is 597 g/mol. The molecule has 0 unspecified atom stereocenters. The minimum Gasteiger partial charge on any atom is -0.393 e. The molecular weight excluding hydrogens is 558 g/mol. The number of aryl methyl sites for hydroxylation is 2. The van der Waals surface area contributed by atoms with E-state index in [1.807, 2.05) is 73.8 Å². The highest BCUT2D eigenvalue weighted by molar-refractivity contribution is 5.89. The second-order valence-corrected chi connectivity index (χ2v) is 12.2. The molecule has 3 heterocycles. The topological polar surface area (TPSA) is 133 Å². The summed E-state index contributed by atoms with van der Waals surface area (Å²) in [7, 11) is 0. The first-order valence-electron chi connectivity index (χ1n) is 14.9. The van der Waals surface area contributed by atoms with Crippen molar-refractivity contribution in [2.75, 3.05) is 0 Å². The zero-order chi connectivity index (χ0) is 31.6. The second-order valence-electron chi connectivity index (χ2n) is 12.2. The lowest BCUT2D eigenvalue weighted by atomic mass is 9.90. The third-order valence-electron chi connectivity index (χ3n) is 7.35. The highest BCUT2D eigenvalue weighted by Crippen LogP contribution is 2.30. The van der Waals surface area contributed by atoms with Gasteiger partial charge in [0, 0.05) is 23.0 Å². The number of hydrogen-bond donors (Lipinski definition) is 1. The van der Waals surface area contributed by atoms with Gasteiger partial charge in [-0.3, -0.25) is 18.9 Å². The molecule has 5 rings (SSSR count). The molecule has 0 amide bonds. The zero-order valence-corrected chi connectivity index (χ0v) is 26.3. The van der Waals surface area contributed by atoms with Crippen LogP contribution in [-0.4, -0.2) is 41.1 Å². The molecule has 0 aliphatic rings. The first kappa shape index (κ1) is 30.7. The Balaban J connectivity index is 1.57. The fraction of sp³-hybridized carbons (Fsp3) is 0.394. The third-order valence-corrected chi connectivity index (χ3v) is 7.35. The molecule has 0 atom stereocenters. The molecule has 11 nitrogen and oxygen atoms in total. The maximum atomic E-state index is 14.3. The molecule has 230 valence electrons. The zero-order valence-electron chi connectivity index (χ0n) is 26.3. The Kier molecular flexibility index (Phi) is 8.66. The molecular formula is C33H39N7O4. The molecule has 0 fully saturated rings. The fourth-order valence-electron chi connectivity index (χ4n) is 5.09. The number of nitrogens with zero attached hydrogens (tertiary/aromatic N) is 6. The lowest BCUT2D eigenvalue weighted by Crippen LogP contribution is -2.35. The standard InChI is InChI=1S/C33H39N7O4/c1-8-11-27-26(18-22-14-16-23(17-15-22)24-12-9-10-13-25(24)29-35-32(42)44-38-29)30(41)39(31-34-21(4)36-40(27)31)19-28(33(5,6)7)37-43-20(2)3/h9-10,12-17,20H,8,11,18-19H2,1-7H3,(H,35,38,42). The summed E-state index contributed by atoms with van der Waals surface area (Å²) in [5, 5.41) is 13.0. The van der Waals surface area contributed by atoms with Crippen LogP contribution in [0.2, 0.25) is 0 Å². The summed E-state index contributed by atoms with van der Waals surface area (Å²) >= 11 is 0. The largest absolute Gasteiger partial charge is 0.439 e. The Labute approximate surface area is 255 Å². The number of benzene rings is 2. The van der Waals surface area contributed by atoms with Gasteiger partial charge in [0.25, 0.3) is 5.56 Å². The van der Waals surface area contributed by atoms with Gasteiger partial charge in [-0.25, -0.2) is 9.31 Å². The van der Waals surface area contributed by atoms with Crippen LogP contribution < -0.4 is 11.3 Å². The van der Waals surface area contributed by atoms with E-state index in [4.69, 9.17) is 14.5 Å². The van der Waals surface area contributed by atoms with E-state index in [0.29, 0.717) is 35.8 Å². The highest BCUT2D eigenvalue weighted by Gasteiger charge is 2.26. The molecule has 44 heavy (non-hydrogen) atoms. The molecule has 0 saturated heterocycles. The number of fused-ring (bicyclic) bond motifs is 1. The van der Waals surface area contributed by atoms with Crippen LogP contribution in [0, 0.1) is 12.3 Å². The minimum absolute atomic E-state index is 0.0879. The van der Waals surface area contributed by atoms with E-state index in [9.17, 15) is 9.59 Å². The van der Waals surface area contributed by atoms with Gasteiger partial charge < -0.3 is 4.84 Å². The average molecular weight is 598 g/mol. The number of hydrogen-bond acceptors (Lipinski definition) is 8. The van der Waals surface area contributed by atoms with Crippen molar-refractivity contribution in [2.24, 2.45) is 10.6 Å². The Morgan fingerprint density at radius 3 is 2.39 bits per heavy atom. The number of aromatic nitrogens is 6. The van der Waals surface area contributed by atoms with Crippen LogP contribution in [-0.2, 0) is 24.2 Å². The third kappa shape index (κ3) is 6.41.